The summed E-state index contributed by atoms with van der Waals surface area (Å²) >= 11 is 0. The quantitative estimate of drug-likeness (QED) is 0.748. The molecule has 0 spiro atoms. The second-order valence-corrected chi connectivity index (χ2v) is 4.64. The largest absolute Gasteiger partial charge is 0.493 e. The number of hydrogen-bond donors (Lipinski definition) is 0. The number of Topliss-reactive ketones (excluding diaryl/α,β-unsaturated/α-hetero) is 1. The van der Waals surface area contributed by atoms with E-state index in [9.17, 15) is 4.79 Å². The van der Waals surface area contributed by atoms with Crippen LogP contribution in [0.15, 0.2) is 18.2 Å². The van der Waals surface area contributed by atoms with Gasteiger partial charge in [-0.25, -0.2) is 0 Å². The van der Waals surface area contributed by atoms with Crippen molar-refractivity contribution in [3.8, 4) is 11.8 Å². The molecule has 88 valence electrons. The lowest BCUT2D eigenvalue weighted by Gasteiger charge is -2.12. The minimum absolute atomic E-state index is 0.0389. The minimum atomic E-state index is -0.560. The number of ether oxygens (including phenoxy) is 1. The molecular formula is C14H15NO2. The van der Waals surface area contributed by atoms with Crippen LogP contribution in [0, 0.1) is 23.2 Å². The zero-order valence-electron chi connectivity index (χ0n) is 10.1. The van der Waals surface area contributed by atoms with Gasteiger partial charge >= 0.3 is 0 Å². The van der Waals surface area contributed by atoms with Gasteiger partial charge in [0.1, 0.15) is 11.7 Å². The molecule has 1 atom stereocenters. The van der Waals surface area contributed by atoms with Crippen LogP contribution in [0.1, 0.15) is 29.8 Å². The molecule has 0 aromatic heterocycles. The van der Waals surface area contributed by atoms with E-state index in [1.54, 1.807) is 6.07 Å². The molecule has 0 bridgehead atoms. The molecule has 17 heavy (non-hydrogen) atoms. The molecule has 1 aliphatic heterocycles. The Morgan fingerprint density at radius 3 is 2.88 bits per heavy atom. The number of hydrogen-bond acceptors (Lipinski definition) is 3. The Morgan fingerprint density at radius 1 is 1.47 bits per heavy atom. The van der Waals surface area contributed by atoms with Crippen LogP contribution in [0.2, 0.25) is 0 Å². The fraction of sp³-hybridized carbons (Fsp3) is 0.429. The van der Waals surface area contributed by atoms with Crippen molar-refractivity contribution in [1.82, 2.24) is 0 Å². The summed E-state index contributed by atoms with van der Waals surface area (Å²) in [5, 5.41) is 9.03. The predicted octanol–water partition coefficient (Wildman–Crippen LogP) is 2.60. The van der Waals surface area contributed by atoms with Gasteiger partial charge in [0, 0.05) is 12.0 Å². The maximum absolute atomic E-state index is 12.2. The molecular weight excluding hydrogens is 214 g/mol. The summed E-state index contributed by atoms with van der Waals surface area (Å²) < 4.78 is 5.39. The molecule has 0 aliphatic carbocycles. The normalized spacial score (nSPS) is 14.9. The fourth-order valence-corrected chi connectivity index (χ4v) is 2.03. The van der Waals surface area contributed by atoms with E-state index >= 15 is 0 Å². The Balaban J connectivity index is 2.29. The molecule has 2 rings (SSSR count). The maximum atomic E-state index is 12.2. The van der Waals surface area contributed by atoms with Gasteiger partial charge in [-0.1, -0.05) is 13.8 Å². The number of carbonyl (C=O) groups is 1. The standard InChI is InChI=1S/C14H15NO2/c1-9(2)12(8-15)14(16)11-3-4-13-10(7-11)5-6-17-13/h3-4,7,9,12H,5-6H2,1-2H3. The molecule has 1 heterocycles. The second-order valence-electron chi connectivity index (χ2n) is 4.64. The highest BCUT2D eigenvalue weighted by atomic mass is 16.5. The summed E-state index contributed by atoms with van der Waals surface area (Å²) in [5.74, 6) is 0.254. The van der Waals surface area contributed by atoms with Crippen molar-refractivity contribution in [2.75, 3.05) is 6.61 Å². The van der Waals surface area contributed by atoms with Crippen LogP contribution in [0.3, 0.4) is 0 Å². The van der Waals surface area contributed by atoms with Crippen molar-refractivity contribution in [2.24, 2.45) is 11.8 Å². The topological polar surface area (TPSA) is 50.1 Å². The predicted molar refractivity (Wildman–Crippen MR) is 63.9 cm³/mol. The highest BCUT2D eigenvalue weighted by Gasteiger charge is 2.24. The molecule has 1 aliphatic rings. The fourth-order valence-electron chi connectivity index (χ4n) is 2.03. The maximum Gasteiger partial charge on any atom is 0.180 e. The molecule has 1 unspecified atom stereocenters. The lowest BCUT2D eigenvalue weighted by molar-refractivity contribution is 0.0924. The molecule has 0 radical (unpaired) electrons. The summed E-state index contributed by atoms with van der Waals surface area (Å²) in [6.07, 6.45) is 0.843. The smallest absolute Gasteiger partial charge is 0.180 e. The Morgan fingerprint density at radius 2 is 2.24 bits per heavy atom. The minimum Gasteiger partial charge on any atom is -0.493 e. The van der Waals surface area contributed by atoms with E-state index in [2.05, 4.69) is 6.07 Å². The van der Waals surface area contributed by atoms with E-state index in [4.69, 9.17) is 10.00 Å². The Bertz CT molecular complexity index is 485. The SMILES string of the molecule is CC(C)C(C#N)C(=O)c1ccc2c(c1)CCO2. The van der Waals surface area contributed by atoms with Gasteiger partial charge in [-0.05, 0) is 29.7 Å². The van der Waals surface area contributed by atoms with Gasteiger partial charge in [0.05, 0.1) is 12.7 Å². The van der Waals surface area contributed by atoms with Crippen molar-refractivity contribution in [3.63, 3.8) is 0 Å². The van der Waals surface area contributed by atoms with Crippen LogP contribution >= 0.6 is 0 Å². The van der Waals surface area contributed by atoms with Crippen molar-refractivity contribution >= 4 is 5.78 Å². The zero-order valence-corrected chi connectivity index (χ0v) is 10.1. The highest BCUT2D eigenvalue weighted by molar-refractivity contribution is 5.99. The summed E-state index contributed by atoms with van der Waals surface area (Å²) in [4.78, 5) is 12.2. The van der Waals surface area contributed by atoms with Crippen LogP contribution in [0.5, 0.6) is 5.75 Å². The van der Waals surface area contributed by atoms with Gasteiger partial charge in [0.25, 0.3) is 0 Å². The Labute approximate surface area is 101 Å². The van der Waals surface area contributed by atoms with E-state index in [1.807, 2.05) is 26.0 Å². The second kappa shape index (κ2) is 4.58. The number of carbonyl (C=O) groups excluding carboxylic acids is 1. The molecule has 0 amide bonds. The van der Waals surface area contributed by atoms with Crippen molar-refractivity contribution < 1.29 is 9.53 Å². The average molecular weight is 229 g/mol. The van der Waals surface area contributed by atoms with Crippen LogP contribution < -0.4 is 4.74 Å². The van der Waals surface area contributed by atoms with Crippen LogP contribution in [0.4, 0.5) is 0 Å². The summed E-state index contributed by atoms with van der Waals surface area (Å²) in [6, 6.07) is 7.52. The Hall–Kier alpha value is -1.82. The number of rotatable bonds is 3. The number of nitrogens with zero attached hydrogens (tertiary/aromatic N) is 1. The van der Waals surface area contributed by atoms with Crippen LogP contribution in [-0.4, -0.2) is 12.4 Å². The van der Waals surface area contributed by atoms with E-state index in [-0.39, 0.29) is 11.7 Å². The molecule has 1 aromatic rings. The first-order chi connectivity index (χ1) is 8.13. The molecule has 3 nitrogen and oxygen atoms in total. The number of fused-ring (bicyclic) bond motifs is 1. The zero-order chi connectivity index (χ0) is 12.4. The summed E-state index contributed by atoms with van der Waals surface area (Å²) in [7, 11) is 0. The van der Waals surface area contributed by atoms with Gasteiger partial charge in [-0.3, -0.25) is 4.79 Å². The highest BCUT2D eigenvalue weighted by Crippen LogP contribution is 2.27. The number of benzene rings is 1. The lowest BCUT2D eigenvalue weighted by atomic mass is 9.88. The first kappa shape index (κ1) is 11.7. The van der Waals surface area contributed by atoms with E-state index < -0.39 is 5.92 Å². The van der Waals surface area contributed by atoms with Gasteiger partial charge in [-0.15, -0.1) is 0 Å². The average Bonchev–Trinajstić information content (AvgIpc) is 2.75. The molecule has 0 saturated carbocycles. The van der Waals surface area contributed by atoms with Crippen molar-refractivity contribution in [3.05, 3.63) is 29.3 Å². The molecule has 0 saturated heterocycles. The number of ketones is 1. The van der Waals surface area contributed by atoms with E-state index in [0.29, 0.717) is 12.2 Å². The van der Waals surface area contributed by atoms with Gasteiger partial charge in [0.15, 0.2) is 5.78 Å². The third-order valence-electron chi connectivity index (χ3n) is 3.06. The first-order valence-corrected chi connectivity index (χ1v) is 5.83. The van der Waals surface area contributed by atoms with E-state index in [0.717, 1.165) is 17.7 Å². The molecule has 0 N–H and O–H groups in total. The van der Waals surface area contributed by atoms with Crippen molar-refractivity contribution in [2.45, 2.75) is 20.3 Å². The van der Waals surface area contributed by atoms with Crippen LogP contribution in [0.25, 0.3) is 0 Å². The molecule has 1 aromatic carbocycles. The van der Waals surface area contributed by atoms with Crippen molar-refractivity contribution in [1.29, 1.82) is 5.26 Å². The Kier molecular flexibility index (Phi) is 3.14. The third-order valence-corrected chi connectivity index (χ3v) is 3.06. The summed E-state index contributed by atoms with van der Waals surface area (Å²) in [5.41, 5.74) is 1.69. The molecule has 3 heteroatoms. The third kappa shape index (κ3) is 2.16. The first-order valence-electron chi connectivity index (χ1n) is 5.83. The molecule has 0 fully saturated rings. The number of nitriles is 1. The summed E-state index contributed by atoms with van der Waals surface area (Å²) in [6.45, 7) is 4.46. The monoisotopic (exact) mass is 229 g/mol. The van der Waals surface area contributed by atoms with Gasteiger partial charge in [-0.2, -0.15) is 5.26 Å². The lowest BCUT2D eigenvalue weighted by Crippen LogP contribution is -2.18. The van der Waals surface area contributed by atoms with E-state index in [1.165, 1.54) is 0 Å². The van der Waals surface area contributed by atoms with Gasteiger partial charge < -0.3 is 4.74 Å². The van der Waals surface area contributed by atoms with Gasteiger partial charge in [0.2, 0.25) is 0 Å². The van der Waals surface area contributed by atoms with Crippen LogP contribution in [-0.2, 0) is 6.42 Å².